The van der Waals surface area contributed by atoms with E-state index in [1.807, 2.05) is 17.7 Å². The highest BCUT2D eigenvalue weighted by atomic mass is 35.5. The Morgan fingerprint density at radius 3 is 2.77 bits per heavy atom. The third kappa shape index (κ3) is 5.28. The fourth-order valence-electron chi connectivity index (χ4n) is 7.69. The van der Waals surface area contributed by atoms with E-state index in [2.05, 4.69) is 29.1 Å². The molecule has 1 amide bonds. The van der Waals surface area contributed by atoms with Gasteiger partial charge in [0.05, 0.1) is 63.5 Å². The van der Waals surface area contributed by atoms with Crippen molar-refractivity contribution in [2.45, 2.75) is 70.2 Å². The average molecular weight is 665 g/mol. The molecule has 2 saturated heterocycles. The Labute approximate surface area is 282 Å². The van der Waals surface area contributed by atoms with Gasteiger partial charge >= 0.3 is 0 Å². The molecule has 0 radical (unpaired) electrons. The van der Waals surface area contributed by atoms with Crippen molar-refractivity contribution in [3.8, 4) is 29.3 Å². The van der Waals surface area contributed by atoms with Crippen LogP contribution in [-0.2, 0) is 4.79 Å². The smallest absolute Gasteiger partial charge is 0.225 e. The summed E-state index contributed by atoms with van der Waals surface area (Å²) in [7, 11) is 2.07. The van der Waals surface area contributed by atoms with Crippen LogP contribution in [-0.4, -0.2) is 73.8 Å². The monoisotopic (exact) mass is 664 g/mol. The molecule has 2 fully saturated rings. The standard InChI is InChI=1S/C36H34ClFN8O2/c1-20(29-8-5-14-44(29)3)48-36-27-19-42-46(25-11-15-45(21(2)47)24(16-25)9-12-39)35(27)26-17-28(37)31(32(38)33(26)43-36)34-30-22(10-13-41-34)6-4-7-23(30)18-40/h4,6-7,10,13,17,19-20,24-25,29H,5,8-9,11,14-16H2,1-3H3/t20?,24-,25+,29+/m1/s1. The zero-order chi connectivity index (χ0) is 33.7. The number of rotatable bonds is 6. The van der Waals surface area contributed by atoms with Crippen LogP contribution in [0.1, 0.15) is 57.6 Å². The number of piperidine rings is 1. The van der Waals surface area contributed by atoms with E-state index in [0.29, 0.717) is 46.6 Å². The van der Waals surface area contributed by atoms with Crippen LogP contribution < -0.4 is 4.74 Å². The Bertz CT molecular complexity index is 2170. The highest BCUT2D eigenvalue weighted by Crippen LogP contribution is 2.43. The molecule has 7 rings (SSSR count). The zero-order valence-electron chi connectivity index (χ0n) is 27.0. The number of likely N-dealkylation sites (tertiary alicyclic amines) is 2. The maximum absolute atomic E-state index is 17.1. The second kappa shape index (κ2) is 12.6. The molecule has 0 bridgehead atoms. The third-order valence-electron chi connectivity index (χ3n) is 10.0. The van der Waals surface area contributed by atoms with Gasteiger partial charge in [-0.05, 0) is 69.8 Å². The van der Waals surface area contributed by atoms with Gasteiger partial charge in [0, 0.05) is 42.5 Å². The van der Waals surface area contributed by atoms with Crippen molar-refractivity contribution in [3.63, 3.8) is 0 Å². The van der Waals surface area contributed by atoms with E-state index in [-0.39, 0.29) is 64.2 Å². The molecule has 10 nitrogen and oxygen atoms in total. The van der Waals surface area contributed by atoms with Crippen molar-refractivity contribution in [2.75, 3.05) is 20.1 Å². The van der Waals surface area contributed by atoms with Crippen molar-refractivity contribution >= 4 is 50.1 Å². The molecule has 0 saturated carbocycles. The Kier molecular flexibility index (Phi) is 8.36. The predicted octanol–water partition coefficient (Wildman–Crippen LogP) is 6.79. The number of benzene rings is 2. The topological polar surface area (TPSA) is 124 Å². The van der Waals surface area contributed by atoms with Gasteiger partial charge in [-0.3, -0.25) is 19.4 Å². The van der Waals surface area contributed by atoms with Crippen LogP contribution in [0.2, 0.25) is 5.02 Å². The number of nitriles is 2. The lowest BCUT2D eigenvalue weighted by Gasteiger charge is -2.38. The molecule has 5 heterocycles. The maximum atomic E-state index is 17.1. The summed E-state index contributed by atoms with van der Waals surface area (Å²) in [6, 6.07) is 12.9. The van der Waals surface area contributed by atoms with Gasteiger partial charge in [-0.1, -0.05) is 23.7 Å². The largest absolute Gasteiger partial charge is 0.472 e. The third-order valence-corrected chi connectivity index (χ3v) is 10.3. The molecular formula is C36H34ClFN8O2. The number of fused-ring (bicyclic) bond motifs is 4. The van der Waals surface area contributed by atoms with Crippen molar-refractivity contribution in [1.29, 1.82) is 10.5 Å². The molecular weight excluding hydrogens is 631 g/mol. The van der Waals surface area contributed by atoms with Crippen LogP contribution in [0.3, 0.4) is 0 Å². The van der Waals surface area contributed by atoms with Gasteiger partial charge in [0.2, 0.25) is 11.8 Å². The SMILES string of the molecule is CC(=O)N1CC[C@H](n2ncc3c(OC(C)[C@@H]4CCCN4C)nc4c(F)c(-c5nccc6cccc(C#N)c56)c(Cl)cc4c32)C[C@H]1CC#N. The number of carbonyl (C=O) groups excluding carboxylic acids is 1. The lowest BCUT2D eigenvalue weighted by Crippen LogP contribution is -2.45. The molecule has 2 aliphatic heterocycles. The molecule has 2 aromatic carbocycles. The number of ether oxygens (including phenoxy) is 1. The molecule has 2 aliphatic rings. The Morgan fingerprint density at radius 1 is 1.21 bits per heavy atom. The molecule has 0 N–H and O–H groups in total. The summed E-state index contributed by atoms with van der Waals surface area (Å²) in [5, 5.41) is 26.7. The Hall–Kier alpha value is -4.84. The zero-order valence-corrected chi connectivity index (χ0v) is 27.7. The minimum absolute atomic E-state index is 0.0496. The van der Waals surface area contributed by atoms with Gasteiger partial charge in [0.1, 0.15) is 11.6 Å². The second-order valence-corrected chi connectivity index (χ2v) is 13.2. The van der Waals surface area contributed by atoms with Gasteiger partial charge in [-0.2, -0.15) is 15.6 Å². The number of halogens is 2. The van der Waals surface area contributed by atoms with Crippen LogP contribution in [0.25, 0.3) is 43.8 Å². The molecule has 0 aliphatic carbocycles. The van der Waals surface area contributed by atoms with E-state index in [9.17, 15) is 15.3 Å². The quantitative estimate of drug-likeness (QED) is 0.194. The minimum atomic E-state index is -0.677. The minimum Gasteiger partial charge on any atom is -0.472 e. The van der Waals surface area contributed by atoms with Crippen molar-refractivity contribution in [2.24, 2.45) is 0 Å². The first-order valence-electron chi connectivity index (χ1n) is 16.2. The number of carbonyl (C=O) groups is 1. The van der Waals surface area contributed by atoms with Crippen molar-refractivity contribution in [1.82, 2.24) is 29.5 Å². The molecule has 48 heavy (non-hydrogen) atoms. The fraction of sp³-hybridized carbons (Fsp3) is 0.389. The van der Waals surface area contributed by atoms with E-state index in [4.69, 9.17) is 26.4 Å². The maximum Gasteiger partial charge on any atom is 0.225 e. The van der Waals surface area contributed by atoms with E-state index in [1.54, 1.807) is 41.6 Å². The molecule has 3 aromatic heterocycles. The van der Waals surface area contributed by atoms with Crippen molar-refractivity contribution in [3.05, 3.63) is 59.1 Å². The number of hydrogen-bond donors (Lipinski definition) is 0. The van der Waals surface area contributed by atoms with Gasteiger partial charge in [-0.25, -0.2) is 9.37 Å². The van der Waals surface area contributed by atoms with Crippen LogP contribution in [0.15, 0.2) is 42.7 Å². The summed E-state index contributed by atoms with van der Waals surface area (Å²) < 4.78 is 25.6. The Balaban J connectivity index is 1.45. The lowest BCUT2D eigenvalue weighted by atomic mass is 9.94. The molecule has 4 atom stereocenters. The first-order valence-corrected chi connectivity index (χ1v) is 16.6. The highest BCUT2D eigenvalue weighted by molar-refractivity contribution is 6.35. The van der Waals surface area contributed by atoms with E-state index >= 15 is 4.39 Å². The van der Waals surface area contributed by atoms with E-state index in [1.165, 1.54) is 6.92 Å². The summed E-state index contributed by atoms with van der Waals surface area (Å²) in [6.07, 6.45) is 6.39. The number of amides is 1. The number of hydrogen-bond acceptors (Lipinski definition) is 8. The lowest BCUT2D eigenvalue weighted by molar-refractivity contribution is -0.132. The first-order chi connectivity index (χ1) is 23.2. The number of likely N-dealkylation sites (N-methyl/N-ethyl adjacent to an activating group) is 1. The predicted molar refractivity (Wildman–Crippen MR) is 181 cm³/mol. The molecule has 0 spiro atoms. The number of pyridine rings is 2. The second-order valence-electron chi connectivity index (χ2n) is 12.8. The normalized spacial score (nSPS) is 20.6. The summed E-state index contributed by atoms with van der Waals surface area (Å²) in [5.41, 5.74) is 1.33. The first kappa shape index (κ1) is 31.7. The fourth-order valence-corrected chi connectivity index (χ4v) is 7.97. The molecule has 244 valence electrons. The summed E-state index contributed by atoms with van der Waals surface area (Å²) in [6.45, 7) is 4.97. The van der Waals surface area contributed by atoms with Gasteiger partial charge in [0.25, 0.3) is 0 Å². The summed E-state index contributed by atoms with van der Waals surface area (Å²) in [4.78, 5) is 25.7. The average Bonchev–Trinajstić information content (AvgIpc) is 3.72. The molecule has 1 unspecified atom stereocenters. The highest BCUT2D eigenvalue weighted by Gasteiger charge is 2.34. The summed E-state index contributed by atoms with van der Waals surface area (Å²) >= 11 is 6.95. The van der Waals surface area contributed by atoms with Gasteiger partial charge < -0.3 is 9.64 Å². The van der Waals surface area contributed by atoms with Crippen LogP contribution >= 0.6 is 11.6 Å². The van der Waals surface area contributed by atoms with Gasteiger partial charge in [0.15, 0.2) is 5.82 Å². The van der Waals surface area contributed by atoms with E-state index in [0.717, 1.165) is 24.8 Å². The molecule has 5 aromatic rings. The Morgan fingerprint density at radius 2 is 2.04 bits per heavy atom. The van der Waals surface area contributed by atoms with Gasteiger partial charge in [-0.15, -0.1) is 0 Å². The van der Waals surface area contributed by atoms with Crippen LogP contribution in [0, 0.1) is 28.5 Å². The number of aromatic nitrogens is 4. The number of nitrogens with zero attached hydrogens (tertiary/aromatic N) is 8. The van der Waals surface area contributed by atoms with Crippen LogP contribution in [0.5, 0.6) is 5.88 Å². The van der Waals surface area contributed by atoms with Crippen LogP contribution in [0.4, 0.5) is 4.39 Å². The van der Waals surface area contributed by atoms with E-state index < -0.39 is 5.82 Å². The summed E-state index contributed by atoms with van der Waals surface area (Å²) in [5.74, 6) is -0.482. The molecule has 12 heteroatoms. The van der Waals surface area contributed by atoms with Crippen molar-refractivity contribution < 1.29 is 13.9 Å².